The average Bonchev–Trinajstić information content (AvgIpc) is 3.50. The zero-order valence-corrected chi connectivity index (χ0v) is 19.9. The number of para-hydroxylation sites is 1. The van der Waals surface area contributed by atoms with E-state index in [4.69, 9.17) is 14.5 Å². The zero-order valence-electron chi connectivity index (χ0n) is 18.3. The second-order valence-electron chi connectivity index (χ2n) is 8.06. The number of morpholine rings is 1. The van der Waals surface area contributed by atoms with Crippen molar-refractivity contribution in [2.75, 3.05) is 40.0 Å². The van der Waals surface area contributed by atoms with Crippen LogP contribution in [0, 0.1) is 0 Å². The molecular weight excluding hydrogens is 462 g/mol. The molecule has 2 aromatic carbocycles. The summed E-state index contributed by atoms with van der Waals surface area (Å²) in [5.41, 5.74) is 1.26. The molecule has 2 fully saturated rings. The minimum absolute atomic E-state index is 0.00786. The van der Waals surface area contributed by atoms with Crippen molar-refractivity contribution in [1.29, 1.82) is 0 Å². The molecule has 0 bridgehead atoms. The summed E-state index contributed by atoms with van der Waals surface area (Å²) in [4.78, 5) is 20.1. The van der Waals surface area contributed by atoms with Crippen molar-refractivity contribution in [3.63, 3.8) is 0 Å². The van der Waals surface area contributed by atoms with E-state index in [0.717, 1.165) is 28.1 Å². The smallest absolute Gasteiger partial charge is 0.254 e. The molecule has 5 rings (SSSR count). The molecule has 0 N–H and O–H groups in total. The van der Waals surface area contributed by atoms with Crippen LogP contribution in [0.5, 0.6) is 5.75 Å². The van der Waals surface area contributed by atoms with Crippen molar-refractivity contribution in [2.24, 2.45) is 0 Å². The van der Waals surface area contributed by atoms with Crippen LogP contribution in [0.3, 0.4) is 0 Å². The maximum absolute atomic E-state index is 13.5. The summed E-state index contributed by atoms with van der Waals surface area (Å²) in [6.07, 6.45) is 1.71. The van der Waals surface area contributed by atoms with Crippen LogP contribution >= 0.6 is 11.3 Å². The number of methoxy groups -OCH3 is 1. The van der Waals surface area contributed by atoms with Gasteiger partial charge in [0.25, 0.3) is 5.91 Å². The molecule has 1 atom stereocenters. The molecule has 8 nitrogen and oxygen atoms in total. The Hall–Kier alpha value is -2.53. The number of fused-ring (bicyclic) bond motifs is 1. The summed E-state index contributed by atoms with van der Waals surface area (Å²) in [6.45, 7) is 1.84. The molecule has 0 saturated carbocycles. The predicted molar refractivity (Wildman–Crippen MR) is 125 cm³/mol. The van der Waals surface area contributed by atoms with Crippen molar-refractivity contribution in [3.05, 3.63) is 53.0 Å². The lowest BCUT2D eigenvalue weighted by Crippen LogP contribution is -2.40. The van der Waals surface area contributed by atoms with Gasteiger partial charge in [-0.2, -0.15) is 4.31 Å². The molecule has 2 aliphatic heterocycles. The number of carbonyl (C=O) groups is 1. The Morgan fingerprint density at radius 3 is 2.70 bits per heavy atom. The van der Waals surface area contributed by atoms with E-state index in [1.807, 2.05) is 29.2 Å². The molecule has 0 aliphatic carbocycles. The number of ether oxygens (including phenoxy) is 2. The third-order valence-electron chi connectivity index (χ3n) is 6.11. The quantitative estimate of drug-likeness (QED) is 0.549. The molecule has 10 heteroatoms. The minimum atomic E-state index is -3.82. The van der Waals surface area contributed by atoms with Crippen molar-refractivity contribution in [2.45, 2.75) is 23.8 Å². The Morgan fingerprint density at radius 2 is 1.94 bits per heavy atom. The molecule has 3 heterocycles. The highest BCUT2D eigenvalue weighted by Gasteiger charge is 2.35. The molecule has 0 spiro atoms. The maximum atomic E-state index is 13.5. The number of carbonyl (C=O) groups excluding carboxylic acids is 1. The number of nitrogens with zero attached hydrogens (tertiary/aromatic N) is 3. The lowest BCUT2D eigenvalue weighted by atomic mass is 10.1. The van der Waals surface area contributed by atoms with Gasteiger partial charge in [0, 0.05) is 25.2 Å². The summed E-state index contributed by atoms with van der Waals surface area (Å²) in [5.74, 6) is 0.0278. The van der Waals surface area contributed by atoms with Gasteiger partial charge in [-0.1, -0.05) is 12.1 Å². The second kappa shape index (κ2) is 9.02. The Morgan fingerprint density at radius 1 is 1.15 bits per heavy atom. The lowest BCUT2D eigenvalue weighted by molar-refractivity contribution is 0.0727. The van der Waals surface area contributed by atoms with E-state index in [9.17, 15) is 13.2 Å². The monoisotopic (exact) mass is 487 g/mol. The van der Waals surface area contributed by atoms with E-state index < -0.39 is 10.0 Å². The van der Waals surface area contributed by atoms with Crippen LogP contribution in [0.1, 0.15) is 34.2 Å². The normalized spacial score (nSPS) is 19.8. The Kier molecular flexibility index (Phi) is 6.09. The summed E-state index contributed by atoms with van der Waals surface area (Å²) < 4.78 is 39.7. The summed E-state index contributed by atoms with van der Waals surface area (Å²) in [7, 11) is -2.39. The summed E-state index contributed by atoms with van der Waals surface area (Å²) in [6, 6.07) is 12.5. The number of thiazole rings is 1. The number of aromatic nitrogens is 1. The molecule has 1 amide bonds. The predicted octanol–water partition coefficient (Wildman–Crippen LogP) is 3.30. The molecule has 1 aromatic heterocycles. The summed E-state index contributed by atoms with van der Waals surface area (Å²) in [5, 5.41) is 0.914. The molecule has 3 aromatic rings. The van der Waals surface area contributed by atoms with Crippen molar-refractivity contribution < 1.29 is 22.7 Å². The number of hydrogen-bond acceptors (Lipinski definition) is 7. The number of rotatable bonds is 5. The highest BCUT2D eigenvalue weighted by Crippen LogP contribution is 2.38. The summed E-state index contributed by atoms with van der Waals surface area (Å²) >= 11 is 1.60. The first kappa shape index (κ1) is 22.3. The van der Waals surface area contributed by atoms with E-state index in [0.29, 0.717) is 25.3 Å². The molecule has 1 unspecified atom stereocenters. The van der Waals surface area contributed by atoms with E-state index in [-0.39, 0.29) is 35.7 Å². The highest BCUT2D eigenvalue weighted by molar-refractivity contribution is 7.89. The van der Waals surface area contributed by atoms with Gasteiger partial charge in [-0.3, -0.25) is 4.79 Å². The first-order valence-corrected chi connectivity index (χ1v) is 13.2. The maximum Gasteiger partial charge on any atom is 0.254 e. The van der Waals surface area contributed by atoms with Gasteiger partial charge in [-0.15, -0.1) is 11.3 Å². The first-order valence-electron chi connectivity index (χ1n) is 10.9. The van der Waals surface area contributed by atoms with Gasteiger partial charge in [0.2, 0.25) is 10.0 Å². The fourth-order valence-electron chi connectivity index (χ4n) is 4.40. The number of hydrogen-bond donors (Lipinski definition) is 0. The van der Waals surface area contributed by atoms with E-state index in [1.54, 1.807) is 23.5 Å². The number of likely N-dealkylation sites (tertiary alicyclic amines) is 1. The second-order valence-corrected chi connectivity index (χ2v) is 11.0. The van der Waals surface area contributed by atoms with Crippen LogP contribution in [0.25, 0.3) is 10.2 Å². The number of benzene rings is 2. The van der Waals surface area contributed by atoms with Crippen molar-refractivity contribution >= 4 is 37.5 Å². The Labute approximate surface area is 196 Å². The average molecular weight is 488 g/mol. The van der Waals surface area contributed by atoms with Gasteiger partial charge >= 0.3 is 0 Å². The van der Waals surface area contributed by atoms with Gasteiger partial charge < -0.3 is 14.4 Å². The van der Waals surface area contributed by atoms with Gasteiger partial charge in [0.1, 0.15) is 15.7 Å². The molecule has 174 valence electrons. The lowest BCUT2D eigenvalue weighted by Gasteiger charge is -2.27. The highest BCUT2D eigenvalue weighted by atomic mass is 32.2. The molecule has 2 aliphatic rings. The SMILES string of the molecule is COc1ccc(C(=O)N2CCCC2c2nc3ccccc3s2)cc1S(=O)(=O)N1CCOCC1. The Balaban J connectivity index is 1.47. The fraction of sp³-hybridized carbons (Fsp3) is 0.391. The van der Waals surface area contributed by atoms with Gasteiger partial charge in [0.05, 0.1) is 36.6 Å². The molecular formula is C23H25N3O5S2. The third-order valence-corrected chi connectivity index (χ3v) is 9.17. The van der Waals surface area contributed by atoms with E-state index in [1.165, 1.54) is 17.5 Å². The van der Waals surface area contributed by atoms with Crippen LogP contribution in [0.2, 0.25) is 0 Å². The largest absolute Gasteiger partial charge is 0.495 e. The van der Waals surface area contributed by atoms with E-state index >= 15 is 0 Å². The fourth-order valence-corrected chi connectivity index (χ4v) is 7.11. The number of sulfonamides is 1. The minimum Gasteiger partial charge on any atom is -0.495 e. The van der Waals surface area contributed by atoms with Crippen molar-refractivity contribution in [3.8, 4) is 5.75 Å². The van der Waals surface area contributed by atoms with Crippen LogP contribution in [0.15, 0.2) is 47.4 Å². The molecule has 2 saturated heterocycles. The van der Waals surface area contributed by atoms with Crippen molar-refractivity contribution in [1.82, 2.24) is 14.2 Å². The topological polar surface area (TPSA) is 89.0 Å². The van der Waals surface area contributed by atoms with Crippen LogP contribution in [-0.2, 0) is 14.8 Å². The van der Waals surface area contributed by atoms with Crippen LogP contribution in [-0.4, -0.2) is 68.5 Å². The van der Waals surface area contributed by atoms with Crippen LogP contribution < -0.4 is 4.74 Å². The third kappa shape index (κ3) is 4.12. The van der Waals surface area contributed by atoms with Crippen LogP contribution in [0.4, 0.5) is 0 Å². The zero-order chi connectivity index (χ0) is 23.0. The van der Waals surface area contributed by atoms with Gasteiger partial charge in [-0.25, -0.2) is 13.4 Å². The molecule has 0 radical (unpaired) electrons. The Bertz CT molecular complexity index is 1250. The number of amides is 1. The van der Waals surface area contributed by atoms with Gasteiger partial charge in [-0.05, 0) is 43.2 Å². The molecule has 33 heavy (non-hydrogen) atoms. The van der Waals surface area contributed by atoms with Gasteiger partial charge in [0.15, 0.2) is 0 Å². The first-order chi connectivity index (χ1) is 16.0. The van der Waals surface area contributed by atoms with E-state index in [2.05, 4.69) is 0 Å². The standard InChI is InChI=1S/C23H25N3O5S2/c1-30-19-9-8-16(15-21(19)33(28,29)25-11-13-31-14-12-25)23(27)26-10-4-6-18(26)22-24-17-5-2-3-7-20(17)32-22/h2-3,5,7-9,15,18H,4,6,10-14H2,1H3.